The Morgan fingerprint density at radius 2 is 2.00 bits per heavy atom. The van der Waals surface area contributed by atoms with Crippen LogP contribution in [0.3, 0.4) is 0 Å². The summed E-state index contributed by atoms with van der Waals surface area (Å²) in [5.41, 5.74) is 0.583. The van der Waals surface area contributed by atoms with Crippen LogP contribution in [0.2, 0.25) is 0 Å². The number of carbonyl (C=O) groups is 1. The number of amides is 1. The van der Waals surface area contributed by atoms with E-state index in [-0.39, 0.29) is 6.41 Å². The van der Waals surface area contributed by atoms with Crippen molar-refractivity contribution in [2.24, 2.45) is 0 Å². The Morgan fingerprint density at radius 1 is 1.50 bits per heavy atom. The van der Waals surface area contributed by atoms with E-state index in [1.807, 2.05) is 0 Å². The number of alkyl halides is 4. The molecule has 0 saturated carbocycles. The number of hydrogen-bond donors (Lipinski definition) is 1. The minimum atomic E-state index is -1.75. The first-order valence-corrected chi connectivity index (χ1v) is 3.61. The van der Waals surface area contributed by atoms with Gasteiger partial charge in [-0.25, -0.2) is 10.3 Å². The first-order valence-electron chi connectivity index (χ1n) is 2.04. The average Bonchev–Trinajstić information content (AvgIpc) is 1.80. The first-order chi connectivity index (χ1) is 4.48. The van der Waals surface area contributed by atoms with Gasteiger partial charge in [0.2, 0.25) is 15.8 Å². The molecular formula is C3H3Cl4NO2. The monoisotopic (exact) mass is 225 g/mol. The summed E-state index contributed by atoms with van der Waals surface area (Å²) in [6.45, 7) is 0. The van der Waals surface area contributed by atoms with Crippen molar-refractivity contribution in [3.05, 3.63) is 0 Å². The van der Waals surface area contributed by atoms with E-state index in [0.29, 0.717) is 0 Å². The van der Waals surface area contributed by atoms with Crippen molar-refractivity contribution in [3.63, 3.8) is 0 Å². The quantitative estimate of drug-likeness (QED) is 0.451. The van der Waals surface area contributed by atoms with Crippen molar-refractivity contribution >= 4 is 52.8 Å². The van der Waals surface area contributed by atoms with Crippen LogP contribution in [0.25, 0.3) is 0 Å². The number of carbonyl (C=O) groups excluding carboxylic acids is 1. The molecule has 0 heterocycles. The smallest absolute Gasteiger partial charge is 0.232 e. The van der Waals surface area contributed by atoms with Gasteiger partial charge in [0.25, 0.3) is 0 Å². The highest BCUT2D eigenvalue weighted by Gasteiger charge is 2.32. The lowest BCUT2D eigenvalue weighted by Crippen LogP contribution is -2.28. The maximum atomic E-state index is 9.61. The largest absolute Gasteiger partial charge is 0.277 e. The van der Waals surface area contributed by atoms with E-state index < -0.39 is 9.36 Å². The normalized spacial score (nSPS) is 14.4. The zero-order chi connectivity index (χ0) is 8.20. The van der Waals surface area contributed by atoms with Crippen molar-refractivity contribution in [2.75, 3.05) is 0 Å². The number of nitrogens with one attached hydrogen (secondary N) is 1. The van der Waals surface area contributed by atoms with E-state index in [9.17, 15) is 4.79 Å². The van der Waals surface area contributed by atoms with Gasteiger partial charge in [-0.2, -0.15) is 0 Å². The summed E-state index contributed by atoms with van der Waals surface area (Å²) in [6, 6.07) is 0. The molecule has 0 aromatic rings. The predicted octanol–water partition coefficient (Wildman–Crippen LogP) is 1.60. The molecule has 3 nitrogen and oxygen atoms in total. The SMILES string of the molecule is O=CNOC(Cl)C(Cl)(Cl)Cl. The summed E-state index contributed by atoms with van der Waals surface area (Å²) >= 11 is 21.0. The molecular weight excluding hydrogens is 224 g/mol. The van der Waals surface area contributed by atoms with Crippen LogP contribution in [0, 0.1) is 0 Å². The minimum absolute atomic E-state index is 0.270. The molecule has 0 radical (unpaired) electrons. The van der Waals surface area contributed by atoms with E-state index in [0.717, 1.165) is 0 Å². The molecule has 0 aliphatic carbocycles. The van der Waals surface area contributed by atoms with Gasteiger partial charge in [0.1, 0.15) is 0 Å². The molecule has 0 rings (SSSR count). The fourth-order valence-corrected chi connectivity index (χ4v) is 0.339. The second-order valence-electron chi connectivity index (χ2n) is 1.21. The molecule has 1 N–H and O–H groups in total. The van der Waals surface area contributed by atoms with Crippen molar-refractivity contribution in [1.29, 1.82) is 0 Å². The first kappa shape index (κ1) is 10.6. The van der Waals surface area contributed by atoms with Crippen LogP contribution in [-0.4, -0.2) is 15.8 Å². The fraction of sp³-hybridized carbons (Fsp3) is 0.667. The third-order valence-corrected chi connectivity index (χ3v) is 1.82. The van der Waals surface area contributed by atoms with E-state index >= 15 is 0 Å². The van der Waals surface area contributed by atoms with Gasteiger partial charge in [-0.1, -0.05) is 46.4 Å². The van der Waals surface area contributed by atoms with Gasteiger partial charge >= 0.3 is 0 Å². The van der Waals surface area contributed by atoms with Crippen LogP contribution in [0.5, 0.6) is 0 Å². The Labute approximate surface area is 77.5 Å². The van der Waals surface area contributed by atoms with Gasteiger partial charge in [-0.3, -0.25) is 4.79 Å². The molecule has 0 spiro atoms. The van der Waals surface area contributed by atoms with Crippen molar-refractivity contribution in [2.45, 2.75) is 9.36 Å². The number of rotatable bonds is 3. The summed E-state index contributed by atoms with van der Waals surface area (Å²) in [5, 5.41) is 0. The molecule has 10 heavy (non-hydrogen) atoms. The molecule has 0 aromatic heterocycles. The molecule has 1 atom stereocenters. The van der Waals surface area contributed by atoms with Gasteiger partial charge in [-0.15, -0.1) is 0 Å². The molecule has 0 aromatic carbocycles. The Hall–Kier alpha value is 0.590. The molecule has 0 saturated heterocycles. The molecule has 0 bridgehead atoms. The number of hydrogen-bond acceptors (Lipinski definition) is 2. The molecule has 0 aliphatic rings. The standard InChI is InChI=1S/C3H3Cl4NO2/c4-2(3(5,6)7)10-8-1-9/h1-2H,(H,8,9). The van der Waals surface area contributed by atoms with Crippen molar-refractivity contribution in [3.8, 4) is 0 Å². The summed E-state index contributed by atoms with van der Waals surface area (Å²) in [6.07, 6.45) is 0.270. The Morgan fingerprint density at radius 3 is 2.30 bits per heavy atom. The van der Waals surface area contributed by atoms with Gasteiger partial charge in [0.15, 0.2) is 0 Å². The predicted molar refractivity (Wildman–Crippen MR) is 40.2 cm³/mol. The maximum absolute atomic E-state index is 9.61. The Bertz CT molecular complexity index is 114. The fourth-order valence-electron chi connectivity index (χ4n) is 0.154. The van der Waals surface area contributed by atoms with Crippen LogP contribution in [-0.2, 0) is 9.63 Å². The molecule has 60 valence electrons. The van der Waals surface area contributed by atoms with Gasteiger partial charge in [0, 0.05) is 0 Å². The van der Waals surface area contributed by atoms with Gasteiger partial charge in [-0.05, 0) is 0 Å². The van der Waals surface area contributed by atoms with Crippen LogP contribution >= 0.6 is 46.4 Å². The lowest BCUT2D eigenvalue weighted by Gasteiger charge is -2.16. The van der Waals surface area contributed by atoms with Gasteiger partial charge < -0.3 is 0 Å². The molecule has 0 fully saturated rings. The summed E-state index contributed by atoms with van der Waals surface area (Å²) < 4.78 is -1.75. The van der Waals surface area contributed by atoms with E-state index in [2.05, 4.69) is 4.84 Å². The highest BCUT2D eigenvalue weighted by molar-refractivity contribution is 6.70. The van der Waals surface area contributed by atoms with E-state index in [4.69, 9.17) is 46.4 Å². The van der Waals surface area contributed by atoms with Crippen LogP contribution < -0.4 is 5.48 Å². The summed E-state index contributed by atoms with van der Waals surface area (Å²) in [5.74, 6) is 0. The minimum Gasteiger partial charge on any atom is -0.277 e. The van der Waals surface area contributed by atoms with Crippen molar-refractivity contribution in [1.82, 2.24) is 5.48 Å². The van der Waals surface area contributed by atoms with Crippen LogP contribution in [0.1, 0.15) is 0 Å². The number of hydroxylamine groups is 1. The average molecular weight is 227 g/mol. The highest BCUT2D eigenvalue weighted by Crippen LogP contribution is 2.33. The highest BCUT2D eigenvalue weighted by atomic mass is 35.6. The lowest BCUT2D eigenvalue weighted by atomic mass is 10.8. The van der Waals surface area contributed by atoms with E-state index in [1.165, 1.54) is 0 Å². The van der Waals surface area contributed by atoms with Crippen LogP contribution in [0.15, 0.2) is 0 Å². The number of halogens is 4. The zero-order valence-electron chi connectivity index (χ0n) is 4.48. The molecule has 1 unspecified atom stereocenters. The van der Waals surface area contributed by atoms with E-state index in [1.54, 1.807) is 5.48 Å². The lowest BCUT2D eigenvalue weighted by molar-refractivity contribution is -0.121. The second-order valence-corrected chi connectivity index (χ2v) is 3.98. The second kappa shape index (κ2) is 4.46. The van der Waals surface area contributed by atoms with Gasteiger partial charge in [0.05, 0.1) is 0 Å². The molecule has 7 heteroatoms. The Balaban J connectivity index is 3.61. The molecule has 0 aliphatic heterocycles. The van der Waals surface area contributed by atoms with Crippen LogP contribution in [0.4, 0.5) is 0 Å². The summed E-state index contributed by atoms with van der Waals surface area (Å²) in [4.78, 5) is 13.9. The van der Waals surface area contributed by atoms with Crippen molar-refractivity contribution < 1.29 is 9.63 Å². The maximum Gasteiger partial charge on any atom is 0.232 e. The summed E-state index contributed by atoms with van der Waals surface area (Å²) in [7, 11) is 0. The third kappa shape index (κ3) is 4.41. The third-order valence-electron chi connectivity index (χ3n) is 0.477. The Kier molecular flexibility index (Phi) is 4.73. The topological polar surface area (TPSA) is 38.3 Å². The molecule has 1 amide bonds. The zero-order valence-corrected chi connectivity index (χ0v) is 7.51.